The number of piperazine rings is 1. The van der Waals surface area contributed by atoms with Gasteiger partial charge in [-0.2, -0.15) is 30.7 Å². The van der Waals surface area contributed by atoms with Gasteiger partial charge in [0.05, 0.1) is 45.4 Å². The molecule has 0 unspecified atom stereocenters. The van der Waals surface area contributed by atoms with Gasteiger partial charge in [0, 0.05) is 50.4 Å². The molecule has 2 aliphatic rings. The summed E-state index contributed by atoms with van der Waals surface area (Å²) in [5.41, 5.74) is -1.21. The molecule has 0 saturated carbocycles. The number of benzene rings is 2. The van der Waals surface area contributed by atoms with E-state index in [9.17, 15) is 52.4 Å². The van der Waals surface area contributed by atoms with Crippen molar-refractivity contribution >= 4 is 31.6 Å². The van der Waals surface area contributed by atoms with Crippen LogP contribution < -0.4 is 10.2 Å². The standard InChI is InChI=1S/C24H24F3N3O2S.C19H14F4N2O2S.C9H18N2O2/c1-17-8-3-4-9-19(17)23-20(24(25,26)27)13-12-18(28-23)16-33(31,32)22-11-7-10-21(29-22)30-14-5-2-6-15-30;1-12-5-2-3-6-14(12)18-15(19(21,22)23)10-9-13(24-18)11-28(26,27)17-8-4-7-16(20)25-17;1-9(2,3)13-8(12)11-6-4-10-5-7-11/h3-4,7-13H,2,5-6,14-16H2,1H3;2-10H,11H2,1H3;10H,4-7H2,1-3H3. The summed E-state index contributed by atoms with van der Waals surface area (Å²) in [6.07, 6.45) is -6.30. The lowest BCUT2D eigenvalue weighted by molar-refractivity contribution is -0.138. The van der Waals surface area contributed by atoms with Crippen molar-refractivity contribution in [2.24, 2.45) is 0 Å². The van der Waals surface area contributed by atoms with Gasteiger partial charge in [0.25, 0.3) is 0 Å². The molecule has 6 aromatic rings. The zero-order chi connectivity index (χ0) is 54.1. The number of carbonyl (C=O) groups excluding carboxylic acids is 1. The zero-order valence-electron chi connectivity index (χ0n) is 41.3. The number of nitrogens with one attached hydrogen (secondary N) is 1. The number of hydrogen-bond donors (Lipinski definition) is 1. The topological polar surface area (TPSA) is 165 Å². The maximum Gasteiger partial charge on any atom is 0.418 e. The third-order valence-corrected chi connectivity index (χ3v) is 14.6. The molecular weight excluding hydrogens is 1020 g/mol. The predicted molar refractivity (Wildman–Crippen MR) is 266 cm³/mol. The van der Waals surface area contributed by atoms with Gasteiger partial charge in [-0.3, -0.25) is 9.97 Å². The molecule has 13 nitrogen and oxygen atoms in total. The van der Waals surface area contributed by atoms with Crippen molar-refractivity contribution in [3.05, 3.63) is 149 Å². The third kappa shape index (κ3) is 15.5. The van der Waals surface area contributed by atoms with Gasteiger partial charge in [-0.25, -0.2) is 31.6 Å². The first kappa shape index (κ1) is 56.8. The van der Waals surface area contributed by atoms with Gasteiger partial charge < -0.3 is 19.9 Å². The number of anilines is 1. The second kappa shape index (κ2) is 23.8. The number of aromatic nitrogens is 4. The Morgan fingerprint density at radius 3 is 1.49 bits per heavy atom. The smallest absolute Gasteiger partial charge is 0.418 e. The molecule has 2 fully saturated rings. The molecule has 1 amide bonds. The molecule has 2 saturated heterocycles. The van der Waals surface area contributed by atoms with E-state index < -0.39 is 65.6 Å². The van der Waals surface area contributed by atoms with Crippen LogP contribution in [0.15, 0.2) is 119 Å². The number of rotatable bonds is 9. The fraction of sp³-hybridized carbons (Fsp3) is 0.365. The minimum absolute atomic E-state index is 0.0337. The molecule has 6 heterocycles. The second-order valence-electron chi connectivity index (χ2n) is 18.4. The van der Waals surface area contributed by atoms with E-state index in [1.54, 1.807) is 73.3 Å². The van der Waals surface area contributed by atoms with Gasteiger partial charge in [0.2, 0.25) is 25.6 Å². The first-order valence-electron chi connectivity index (χ1n) is 23.5. The van der Waals surface area contributed by atoms with E-state index in [0.717, 1.165) is 94.9 Å². The Morgan fingerprint density at radius 2 is 1.04 bits per heavy atom. The van der Waals surface area contributed by atoms with Crippen LogP contribution in [-0.2, 0) is 48.3 Å². The van der Waals surface area contributed by atoms with Crippen LogP contribution in [-0.4, -0.2) is 92.6 Å². The molecule has 2 aliphatic heterocycles. The van der Waals surface area contributed by atoms with E-state index in [1.165, 1.54) is 18.2 Å². The Labute approximate surface area is 426 Å². The minimum Gasteiger partial charge on any atom is -0.444 e. The normalized spacial score (nSPS) is 14.5. The Kier molecular flexibility index (Phi) is 18.2. The van der Waals surface area contributed by atoms with Crippen molar-refractivity contribution < 1.29 is 57.1 Å². The van der Waals surface area contributed by atoms with Crippen LogP contribution >= 0.6 is 0 Å². The Bertz CT molecular complexity index is 3140. The van der Waals surface area contributed by atoms with Crippen LogP contribution in [0.25, 0.3) is 22.5 Å². The number of aryl methyl sites for hydroxylation is 2. The van der Waals surface area contributed by atoms with Crippen molar-refractivity contribution in [2.45, 2.75) is 93.4 Å². The zero-order valence-corrected chi connectivity index (χ0v) is 42.9. The van der Waals surface area contributed by atoms with E-state index >= 15 is 0 Å². The van der Waals surface area contributed by atoms with Gasteiger partial charge in [-0.1, -0.05) is 60.7 Å². The molecule has 4 aromatic heterocycles. The summed E-state index contributed by atoms with van der Waals surface area (Å²) in [6.45, 7) is 13.8. The Morgan fingerprint density at radius 1 is 0.581 bits per heavy atom. The summed E-state index contributed by atoms with van der Waals surface area (Å²) in [7, 11) is -8.00. The van der Waals surface area contributed by atoms with Crippen molar-refractivity contribution in [3.63, 3.8) is 0 Å². The van der Waals surface area contributed by atoms with Crippen LogP contribution in [0.3, 0.4) is 0 Å². The third-order valence-electron chi connectivity index (χ3n) is 11.5. The summed E-state index contributed by atoms with van der Waals surface area (Å²) in [6, 6.07) is 24.9. The summed E-state index contributed by atoms with van der Waals surface area (Å²) in [5.74, 6) is -1.63. The molecule has 0 spiro atoms. The molecule has 1 N–H and O–H groups in total. The predicted octanol–water partition coefficient (Wildman–Crippen LogP) is 10.8. The van der Waals surface area contributed by atoms with E-state index in [0.29, 0.717) is 22.5 Å². The van der Waals surface area contributed by atoms with Crippen LogP contribution in [0.1, 0.15) is 73.7 Å². The maximum absolute atomic E-state index is 13.6. The van der Waals surface area contributed by atoms with Crippen LogP contribution in [0, 0.1) is 19.8 Å². The molecule has 0 bridgehead atoms. The quantitative estimate of drug-likeness (QED) is 0.108. The highest BCUT2D eigenvalue weighted by molar-refractivity contribution is 7.90. The highest BCUT2D eigenvalue weighted by atomic mass is 32.2. The van der Waals surface area contributed by atoms with E-state index in [2.05, 4.69) is 30.2 Å². The maximum atomic E-state index is 13.6. The largest absolute Gasteiger partial charge is 0.444 e. The number of pyridine rings is 4. The van der Waals surface area contributed by atoms with E-state index in [1.807, 2.05) is 20.8 Å². The van der Waals surface area contributed by atoms with Gasteiger partial charge in [0.1, 0.15) is 11.4 Å². The highest BCUT2D eigenvalue weighted by Crippen LogP contribution is 2.39. The van der Waals surface area contributed by atoms with E-state index in [4.69, 9.17) is 4.74 Å². The SMILES string of the molecule is CC(C)(C)OC(=O)N1CCNCC1.Cc1ccccc1-c1nc(CS(=O)(=O)c2cccc(F)n2)ccc1C(F)(F)F.Cc1ccccc1-c1nc(CS(=O)(=O)c2cccc(N3CCCCC3)n2)ccc1C(F)(F)F. The summed E-state index contributed by atoms with van der Waals surface area (Å²) in [4.78, 5) is 31.1. The highest BCUT2D eigenvalue weighted by Gasteiger charge is 2.37. The lowest BCUT2D eigenvalue weighted by atomic mass is 10.0. The molecule has 22 heteroatoms. The average Bonchev–Trinajstić information content (AvgIpc) is 3.34. The fourth-order valence-electron chi connectivity index (χ4n) is 7.86. The number of amides is 1. The van der Waals surface area contributed by atoms with Gasteiger partial charge in [-0.05, 0) is 114 Å². The van der Waals surface area contributed by atoms with Gasteiger partial charge >= 0.3 is 18.4 Å². The van der Waals surface area contributed by atoms with Gasteiger partial charge in [-0.15, -0.1) is 0 Å². The number of ether oxygens (including phenoxy) is 1. The number of alkyl halides is 6. The number of sulfone groups is 2. The summed E-state index contributed by atoms with van der Waals surface area (Å²) < 4.78 is 151. The van der Waals surface area contributed by atoms with Gasteiger partial charge in [0.15, 0.2) is 10.1 Å². The molecule has 396 valence electrons. The first-order chi connectivity index (χ1) is 34.7. The molecule has 0 aliphatic carbocycles. The van der Waals surface area contributed by atoms with Crippen LogP contribution in [0.5, 0.6) is 0 Å². The fourth-order valence-corrected chi connectivity index (χ4v) is 10.3. The second-order valence-corrected chi connectivity index (χ2v) is 22.3. The first-order valence-corrected chi connectivity index (χ1v) is 26.8. The van der Waals surface area contributed by atoms with E-state index in [-0.39, 0.29) is 45.1 Å². The molecule has 74 heavy (non-hydrogen) atoms. The molecular formula is C52H56F7N7O6S2. The Hall–Kier alpha value is -6.52. The van der Waals surface area contributed by atoms with Crippen molar-refractivity contribution in [1.82, 2.24) is 30.2 Å². The van der Waals surface area contributed by atoms with Crippen molar-refractivity contribution in [2.75, 3.05) is 44.2 Å². The average molecular weight is 1070 g/mol. The van der Waals surface area contributed by atoms with Crippen LogP contribution in [0.2, 0.25) is 0 Å². The number of piperidine rings is 1. The number of carbonyl (C=O) groups is 1. The molecule has 8 rings (SSSR count). The molecule has 0 radical (unpaired) electrons. The number of halogens is 7. The molecule has 2 aromatic carbocycles. The number of nitrogens with zero attached hydrogens (tertiary/aromatic N) is 6. The lowest BCUT2D eigenvalue weighted by Gasteiger charge is -2.30. The molecule has 0 atom stereocenters. The lowest BCUT2D eigenvalue weighted by Crippen LogP contribution is -2.48. The minimum atomic E-state index is -4.66. The number of hydrogen-bond acceptors (Lipinski definition) is 12. The summed E-state index contributed by atoms with van der Waals surface area (Å²) in [5, 5.41) is 2.57. The van der Waals surface area contributed by atoms with Crippen LogP contribution in [0.4, 0.5) is 41.3 Å². The summed E-state index contributed by atoms with van der Waals surface area (Å²) >= 11 is 0. The Balaban J connectivity index is 0.000000197. The van der Waals surface area contributed by atoms with Crippen molar-refractivity contribution in [1.29, 1.82) is 0 Å². The van der Waals surface area contributed by atoms with Crippen molar-refractivity contribution in [3.8, 4) is 22.5 Å². The monoisotopic (exact) mass is 1070 g/mol.